The second kappa shape index (κ2) is 6.90. The molecular formula is C30H47NO3. The van der Waals surface area contributed by atoms with E-state index in [1.807, 2.05) is 0 Å². The van der Waals surface area contributed by atoms with Gasteiger partial charge in [0.2, 0.25) is 0 Å². The van der Waals surface area contributed by atoms with E-state index < -0.39 is 11.2 Å². The monoisotopic (exact) mass is 469 g/mol. The topological polar surface area (TPSA) is 38.8 Å². The lowest BCUT2D eigenvalue weighted by molar-refractivity contribution is -0.282. The molecule has 7 rings (SSSR count). The summed E-state index contributed by atoms with van der Waals surface area (Å²) in [7, 11) is 0. The van der Waals surface area contributed by atoms with E-state index in [1.165, 1.54) is 51.5 Å². The van der Waals surface area contributed by atoms with Crippen LogP contribution in [0.5, 0.6) is 0 Å². The Morgan fingerprint density at radius 3 is 2.65 bits per heavy atom. The van der Waals surface area contributed by atoms with Gasteiger partial charge in [0.1, 0.15) is 5.78 Å². The Morgan fingerprint density at radius 2 is 1.85 bits per heavy atom. The predicted octanol–water partition coefficient (Wildman–Crippen LogP) is 5.97. The van der Waals surface area contributed by atoms with Gasteiger partial charge in [-0.05, 0) is 99.7 Å². The molecule has 1 spiro atoms. The number of carbonyl (C=O) groups excluding carboxylic acids is 1. The molecule has 190 valence electrons. The molecule has 2 aliphatic carbocycles. The Morgan fingerprint density at radius 1 is 1.03 bits per heavy atom. The number of hydrogen-bond acceptors (Lipinski definition) is 4. The maximum Gasteiger partial charge on any atom is 0.166 e. The third-order valence-electron chi connectivity index (χ3n) is 13.4. The average Bonchev–Trinajstić information content (AvgIpc) is 3.41. The van der Waals surface area contributed by atoms with Crippen LogP contribution in [0.25, 0.3) is 0 Å². The molecular weight excluding hydrogens is 422 g/mol. The van der Waals surface area contributed by atoms with E-state index in [4.69, 9.17) is 9.47 Å². The van der Waals surface area contributed by atoms with Crippen molar-refractivity contribution in [1.82, 2.24) is 4.90 Å². The van der Waals surface area contributed by atoms with Gasteiger partial charge >= 0.3 is 0 Å². The first kappa shape index (κ1) is 22.7. The van der Waals surface area contributed by atoms with Crippen LogP contribution in [0.2, 0.25) is 0 Å². The summed E-state index contributed by atoms with van der Waals surface area (Å²) in [5, 5.41) is 0. The summed E-state index contributed by atoms with van der Waals surface area (Å²) < 4.78 is 12.4. The fourth-order valence-corrected chi connectivity index (χ4v) is 11.6. The summed E-state index contributed by atoms with van der Waals surface area (Å²) in [6.07, 6.45) is 13.6. The normalized spacial score (nSPS) is 59.0. The molecule has 34 heavy (non-hydrogen) atoms. The van der Waals surface area contributed by atoms with Crippen LogP contribution in [0.4, 0.5) is 0 Å². The number of Topliss-reactive ketones (excluding diaryl/α,β-unsaturated/α-hetero) is 1. The minimum Gasteiger partial charge on any atom is -0.349 e. The van der Waals surface area contributed by atoms with Gasteiger partial charge in [-0.3, -0.25) is 9.69 Å². The molecule has 4 heteroatoms. The standard InChI is InChI=1S/C30H47NO3/c1-19(2)21-9-13-27(4)20-8-15-29-12-6-7-22(29)30(27,25(21)31(29)17-20)16-10-23(32)26(3)18-33-28(5)14-11-24(26)34-28/h19-22,24-25H,6-18H2,1-5H3/t20-,21-,22-,24+,25+,26+,27?,28-,29-,30?/m0/s1. The van der Waals surface area contributed by atoms with Crippen LogP contribution in [0.1, 0.15) is 105 Å². The van der Waals surface area contributed by atoms with E-state index in [0.29, 0.717) is 34.8 Å². The van der Waals surface area contributed by atoms with Gasteiger partial charge in [0.25, 0.3) is 0 Å². The summed E-state index contributed by atoms with van der Waals surface area (Å²) in [4.78, 5) is 17.2. The van der Waals surface area contributed by atoms with Crippen LogP contribution in [0, 0.1) is 39.9 Å². The van der Waals surface area contributed by atoms with Crippen LogP contribution in [-0.4, -0.2) is 47.3 Å². The first-order valence-electron chi connectivity index (χ1n) is 14.7. The van der Waals surface area contributed by atoms with Crippen molar-refractivity contribution in [3.05, 3.63) is 0 Å². The molecule has 0 radical (unpaired) electrons. The quantitative estimate of drug-likeness (QED) is 0.497. The van der Waals surface area contributed by atoms with Crippen LogP contribution < -0.4 is 0 Å². The maximum absolute atomic E-state index is 14.1. The molecule has 2 saturated carbocycles. The van der Waals surface area contributed by atoms with Gasteiger partial charge in [0.15, 0.2) is 5.79 Å². The lowest BCUT2D eigenvalue weighted by Crippen LogP contribution is -2.68. The van der Waals surface area contributed by atoms with Crippen molar-refractivity contribution >= 4 is 5.78 Å². The SMILES string of the molecule is CC(C)[C@@H]1CCC2(C)[C@H]3CC[C@@]45CCC[C@@H]4C2(CCC(=O)[C@@]2(C)CO[C@]4(C)CC[C@H]2O4)[C@@H]1N5C3. The summed E-state index contributed by atoms with van der Waals surface area (Å²) >= 11 is 0. The zero-order chi connectivity index (χ0) is 23.7. The largest absolute Gasteiger partial charge is 0.349 e. The van der Waals surface area contributed by atoms with Gasteiger partial charge in [0, 0.05) is 31.0 Å². The third-order valence-corrected chi connectivity index (χ3v) is 13.4. The Kier molecular flexibility index (Phi) is 4.61. The van der Waals surface area contributed by atoms with E-state index in [-0.39, 0.29) is 6.10 Å². The number of hydrogen-bond donors (Lipinski definition) is 0. The molecule has 4 nitrogen and oxygen atoms in total. The zero-order valence-corrected chi connectivity index (χ0v) is 22.3. The highest BCUT2D eigenvalue weighted by Crippen LogP contribution is 2.79. The maximum atomic E-state index is 14.1. The number of ketones is 1. The molecule has 0 N–H and O–H groups in total. The highest BCUT2D eigenvalue weighted by atomic mass is 16.7. The van der Waals surface area contributed by atoms with E-state index in [2.05, 4.69) is 39.5 Å². The number of nitrogens with zero attached hydrogens (tertiary/aromatic N) is 1. The highest BCUT2D eigenvalue weighted by Gasteiger charge is 2.79. The van der Waals surface area contributed by atoms with Crippen molar-refractivity contribution in [2.24, 2.45) is 39.9 Å². The van der Waals surface area contributed by atoms with Crippen molar-refractivity contribution in [1.29, 1.82) is 0 Å². The summed E-state index contributed by atoms with van der Waals surface area (Å²) in [5.41, 5.74) is 0.704. The van der Waals surface area contributed by atoms with E-state index in [1.54, 1.807) is 0 Å². The Bertz CT molecular complexity index is 903. The molecule has 7 fully saturated rings. The van der Waals surface area contributed by atoms with Crippen LogP contribution in [0.3, 0.4) is 0 Å². The predicted molar refractivity (Wildman–Crippen MR) is 132 cm³/mol. The average molecular weight is 470 g/mol. The molecule has 5 saturated heterocycles. The first-order valence-corrected chi connectivity index (χ1v) is 14.7. The van der Waals surface area contributed by atoms with Gasteiger partial charge < -0.3 is 9.47 Å². The number of piperidine rings is 2. The van der Waals surface area contributed by atoms with Gasteiger partial charge in [-0.2, -0.15) is 0 Å². The van der Waals surface area contributed by atoms with Crippen molar-refractivity contribution in [3.8, 4) is 0 Å². The van der Waals surface area contributed by atoms with Gasteiger partial charge in [-0.1, -0.05) is 27.2 Å². The van der Waals surface area contributed by atoms with E-state index in [9.17, 15) is 4.79 Å². The van der Waals surface area contributed by atoms with E-state index in [0.717, 1.165) is 49.4 Å². The van der Waals surface area contributed by atoms with Crippen LogP contribution in [-0.2, 0) is 14.3 Å². The number of fused-ring (bicyclic) bond motifs is 4. The van der Waals surface area contributed by atoms with Crippen molar-refractivity contribution < 1.29 is 14.3 Å². The zero-order valence-electron chi connectivity index (χ0n) is 22.3. The highest BCUT2D eigenvalue weighted by molar-refractivity contribution is 5.85. The smallest absolute Gasteiger partial charge is 0.166 e. The molecule has 7 bridgehead atoms. The Balaban J connectivity index is 1.26. The fraction of sp³-hybridized carbons (Fsp3) is 0.967. The van der Waals surface area contributed by atoms with Crippen molar-refractivity contribution in [2.45, 2.75) is 129 Å². The molecule has 5 aliphatic heterocycles. The second-order valence-electron chi connectivity index (χ2n) is 14.7. The minimum absolute atomic E-state index is 0.0372. The summed E-state index contributed by atoms with van der Waals surface area (Å²) in [5.74, 6) is 3.11. The van der Waals surface area contributed by atoms with Gasteiger partial charge in [-0.25, -0.2) is 0 Å². The molecule has 5 heterocycles. The third kappa shape index (κ3) is 2.45. The van der Waals surface area contributed by atoms with Gasteiger partial charge in [-0.15, -0.1) is 0 Å². The first-order chi connectivity index (χ1) is 16.1. The molecule has 3 unspecified atom stereocenters. The number of carbonyl (C=O) groups is 1. The molecule has 0 amide bonds. The molecule has 0 aromatic carbocycles. The molecule has 0 aromatic rings. The Hall–Kier alpha value is -0.450. The number of rotatable bonds is 5. The second-order valence-corrected chi connectivity index (χ2v) is 14.7. The molecule has 7 aliphatic rings. The number of ether oxygens (including phenoxy) is 2. The molecule has 0 aromatic heterocycles. The lowest BCUT2D eigenvalue weighted by Gasteiger charge is -2.67. The fourth-order valence-electron chi connectivity index (χ4n) is 11.6. The summed E-state index contributed by atoms with van der Waals surface area (Å²) in [6, 6.07) is 0.697. The molecule has 11 atom stereocenters. The Labute approximate surface area is 206 Å². The van der Waals surface area contributed by atoms with Crippen molar-refractivity contribution in [2.75, 3.05) is 13.2 Å². The van der Waals surface area contributed by atoms with E-state index >= 15 is 0 Å². The van der Waals surface area contributed by atoms with Crippen molar-refractivity contribution in [3.63, 3.8) is 0 Å². The lowest BCUT2D eigenvalue weighted by atomic mass is 9.42. The minimum atomic E-state index is -0.473. The van der Waals surface area contributed by atoms with Crippen LogP contribution >= 0.6 is 0 Å². The summed E-state index contributed by atoms with van der Waals surface area (Å²) in [6.45, 7) is 13.7. The van der Waals surface area contributed by atoms with Gasteiger partial charge in [0.05, 0.1) is 18.1 Å². The van der Waals surface area contributed by atoms with Crippen LogP contribution in [0.15, 0.2) is 0 Å².